The molecule has 25 heavy (non-hydrogen) atoms. The van der Waals surface area contributed by atoms with Gasteiger partial charge in [-0.05, 0) is 36.4 Å². The Hall–Kier alpha value is -2.89. The summed E-state index contributed by atoms with van der Waals surface area (Å²) in [6.45, 7) is -0.620. The number of hydrogen-bond acceptors (Lipinski definition) is 6. The number of nitriles is 1. The number of fused-ring (bicyclic) bond motifs is 1. The van der Waals surface area contributed by atoms with Gasteiger partial charge in [-0.2, -0.15) is 9.57 Å². The van der Waals surface area contributed by atoms with Crippen LogP contribution in [-0.4, -0.2) is 31.1 Å². The van der Waals surface area contributed by atoms with Crippen molar-refractivity contribution in [2.45, 2.75) is 4.90 Å². The van der Waals surface area contributed by atoms with Crippen molar-refractivity contribution in [1.82, 2.24) is 4.31 Å². The van der Waals surface area contributed by atoms with Crippen LogP contribution in [0.4, 0.5) is 0 Å². The van der Waals surface area contributed by atoms with Gasteiger partial charge >= 0.3 is 0 Å². The molecular weight excluding hydrogens is 368 g/mol. The Kier molecular flexibility index (Phi) is 5.11. The summed E-state index contributed by atoms with van der Waals surface area (Å²) in [4.78, 5) is 24.2. The second-order valence-electron chi connectivity index (χ2n) is 4.89. The first-order chi connectivity index (χ1) is 11.4. The van der Waals surface area contributed by atoms with Crippen molar-refractivity contribution >= 4 is 34.2 Å². The summed E-state index contributed by atoms with van der Waals surface area (Å²) in [5.74, 6) is -1.59. The van der Waals surface area contributed by atoms with E-state index in [9.17, 15) is 18.0 Å². The minimum absolute atomic E-state index is 0. The smallest absolute Gasteiger partial charge is 0.281 e. The second kappa shape index (κ2) is 6.93. The first kappa shape index (κ1) is 18.4. The summed E-state index contributed by atoms with van der Waals surface area (Å²) in [6, 6.07) is 13.5. The van der Waals surface area contributed by atoms with Crippen LogP contribution in [0.2, 0.25) is 0 Å². The van der Waals surface area contributed by atoms with Gasteiger partial charge in [0, 0.05) is 0 Å². The molecule has 2 amide bonds. The fraction of sp³-hybridized carbons (Fsp3) is 0.0625. The van der Waals surface area contributed by atoms with Crippen molar-refractivity contribution in [1.29, 1.82) is 5.26 Å². The molecule has 2 aromatic carbocycles. The molecule has 1 heterocycles. The maximum Gasteiger partial charge on any atom is 0.281 e. The zero-order valence-corrected chi connectivity index (χ0v) is 14.2. The normalized spacial score (nSPS) is 14.2. The molecular formula is C16H11ClN2O5S. The number of rotatable bonds is 3. The fourth-order valence-electron chi connectivity index (χ4n) is 2.26. The van der Waals surface area contributed by atoms with E-state index in [0.29, 0.717) is 5.56 Å². The van der Waals surface area contributed by atoms with Gasteiger partial charge in [0.15, 0.2) is 6.61 Å². The van der Waals surface area contributed by atoms with E-state index in [2.05, 4.69) is 0 Å². The standard InChI is InChI=1S/C16H10N2O5S.ClH/c17-9-11-5-7-12(8-6-11)23-10-15(19)18-16(20)13-3-1-2-4-14(13)24(18,21)22;/h1-8H,10H2;1H. The number of imide groups is 1. The molecule has 0 saturated carbocycles. The van der Waals surface area contributed by atoms with Gasteiger partial charge in [-0.15, -0.1) is 12.4 Å². The predicted molar refractivity (Wildman–Crippen MR) is 88.7 cm³/mol. The first-order valence-corrected chi connectivity index (χ1v) is 8.23. The van der Waals surface area contributed by atoms with E-state index in [0.717, 1.165) is 0 Å². The van der Waals surface area contributed by atoms with Gasteiger partial charge in [0.25, 0.3) is 21.8 Å². The summed E-state index contributed by atoms with van der Waals surface area (Å²) >= 11 is 0. The molecule has 1 aliphatic rings. The van der Waals surface area contributed by atoms with Crippen LogP contribution in [0, 0.1) is 11.3 Å². The highest BCUT2D eigenvalue weighted by Gasteiger charge is 2.45. The van der Waals surface area contributed by atoms with Crippen molar-refractivity contribution < 1.29 is 22.7 Å². The van der Waals surface area contributed by atoms with Crippen LogP contribution in [0.1, 0.15) is 15.9 Å². The van der Waals surface area contributed by atoms with Gasteiger partial charge in [-0.1, -0.05) is 12.1 Å². The Labute approximate surface area is 149 Å². The van der Waals surface area contributed by atoms with Gasteiger partial charge in [-0.3, -0.25) is 9.59 Å². The van der Waals surface area contributed by atoms with Gasteiger partial charge in [0.1, 0.15) is 10.6 Å². The zero-order chi connectivity index (χ0) is 17.3. The third-order valence-electron chi connectivity index (χ3n) is 3.39. The topological polar surface area (TPSA) is 105 Å². The average molecular weight is 379 g/mol. The van der Waals surface area contributed by atoms with Gasteiger partial charge < -0.3 is 4.74 Å². The molecule has 0 unspecified atom stereocenters. The number of halogens is 1. The van der Waals surface area contributed by atoms with Crippen LogP contribution in [0.3, 0.4) is 0 Å². The monoisotopic (exact) mass is 378 g/mol. The number of hydrogen-bond donors (Lipinski definition) is 0. The molecule has 1 aliphatic heterocycles. The van der Waals surface area contributed by atoms with Crippen molar-refractivity contribution in [3.8, 4) is 11.8 Å². The number of benzene rings is 2. The molecule has 0 radical (unpaired) electrons. The van der Waals surface area contributed by atoms with Crippen LogP contribution in [-0.2, 0) is 14.8 Å². The highest BCUT2D eigenvalue weighted by molar-refractivity contribution is 7.90. The molecule has 0 saturated heterocycles. The summed E-state index contributed by atoms with van der Waals surface area (Å²) in [6.07, 6.45) is 0. The van der Waals surface area contributed by atoms with Crippen molar-refractivity contribution in [3.63, 3.8) is 0 Å². The molecule has 0 bridgehead atoms. The molecule has 0 N–H and O–H groups in total. The van der Waals surface area contributed by atoms with Crippen LogP contribution in [0.5, 0.6) is 5.75 Å². The van der Waals surface area contributed by atoms with Crippen molar-refractivity contribution in [3.05, 3.63) is 59.7 Å². The quantitative estimate of drug-likeness (QED) is 0.805. The lowest BCUT2D eigenvalue weighted by atomic mass is 10.2. The Morgan fingerprint density at radius 2 is 1.76 bits per heavy atom. The summed E-state index contributed by atoms with van der Waals surface area (Å²) < 4.78 is 30.1. The maximum absolute atomic E-state index is 12.3. The third kappa shape index (κ3) is 3.20. The molecule has 0 aliphatic carbocycles. The Balaban J connectivity index is 0.00000225. The van der Waals surface area contributed by atoms with Gasteiger partial charge in [-0.25, -0.2) is 8.42 Å². The summed E-state index contributed by atoms with van der Waals surface area (Å²) in [7, 11) is -4.20. The van der Waals surface area contributed by atoms with E-state index in [1.165, 1.54) is 48.5 Å². The molecule has 2 aromatic rings. The summed E-state index contributed by atoms with van der Waals surface area (Å²) in [5, 5.41) is 8.71. The number of carbonyl (C=O) groups is 2. The molecule has 0 aromatic heterocycles. The van der Waals surface area contributed by atoms with Gasteiger partial charge in [0.05, 0.1) is 17.2 Å². The van der Waals surface area contributed by atoms with Crippen LogP contribution in [0.25, 0.3) is 0 Å². The predicted octanol–water partition coefficient (Wildman–Crippen LogP) is 1.73. The van der Waals surface area contributed by atoms with Crippen LogP contribution >= 0.6 is 12.4 Å². The van der Waals surface area contributed by atoms with E-state index in [1.807, 2.05) is 6.07 Å². The number of ether oxygens (including phenoxy) is 1. The first-order valence-electron chi connectivity index (χ1n) is 6.79. The maximum atomic E-state index is 12.3. The number of nitrogens with zero attached hydrogens (tertiary/aromatic N) is 2. The fourth-order valence-corrected chi connectivity index (χ4v) is 3.78. The average Bonchev–Trinajstić information content (AvgIpc) is 2.80. The molecule has 0 spiro atoms. The lowest BCUT2D eigenvalue weighted by Gasteiger charge is -2.13. The lowest BCUT2D eigenvalue weighted by Crippen LogP contribution is -2.39. The van der Waals surface area contributed by atoms with Crippen molar-refractivity contribution in [2.75, 3.05) is 6.61 Å². The Morgan fingerprint density at radius 1 is 1.12 bits per heavy atom. The number of sulfonamides is 1. The molecule has 0 atom stereocenters. The minimum Gasteiger partial charge on any atom is -0.484 e. The lowest BCUT2D eigenvalue weighted by molar-refractivity contribution is -0.126. The Morgan fingerprint density at radius 3 is 2.36 bits per heavy atom. The second-order valence-corrected chi connectivity index (χ2v) is 6.64. The molecule has 0 fully saturated rings. The molecule has 128 valence electrons. The molecule has 7 nitrogen and oxygen atoms in total. The van der Waals surface area contributed by atoms with E-state index in [1.54, 1.807) is 0 Å². The number of carbonyl (C=O) groups excluding carboxylic acids is 2. The number of amides is 2. The van der Waals surface area contributed by atoms with Gasteiger partial charge in [0.2, 0.25) is 0 Å². The highest BCUT2D eigenvalue weighted by atomic mass is 35.5. The van der Waals surface area contributed by atoms with E-state index >= 15 is 0 Å². The molecule has 3 rings (SSSR count). The minimum atomic E-state index is -4.20. The third-order valence-corrected chi connectivity index (χ3v) is 5.15. The largest absolute Gasteiger partial charge is 0.484 e. The summed E-state index contributed by atoms with van der Waals surface area (Å²) in [5.41, 5.74) is 0.380. The molecule has 9 heteroatoms. The van der Waals surface area contributed by atoms with E-state index in [-0.39, 0.29) is 32.9 Å². The Bertz CT molecular complexity index is 980. The van der Waals surface area contributed by atoms with Crippen molar-refractivity contribution in [2.24, 2.45) is 0 Å². The van der Waals surface area contributed by atoms with E-state index in [4.69, 9.17) is 10.00 Å². The van der Waals surface area contributed by atoms with Crippen LogP contribution < -0.4 is 4.74 Å². The van der Waals surface area contributed by atoms with E-state index < -0.39 is 28.4 Å². The SMILES string of the molecule is Cl.N#Cc1ccc(OCC(=O)N2C(=O)c3ccccc3S2(=O)=O)cc1. The highest BCUT2D eigenvalue weighted by Crippen LogP contribution is 2.30. The zero-order valence-electron chi connectivity index (χ0n) is 12.6. The van der Waals surface area contributed by atoms with Crippen LogP contribution in [0.15, 0.2) is 53.4 Å².